The third-order valence-electron chi connectivity index (χ3n) is 5.15. The molecule has 1 atom stereocenters. The molecule has 1 aliphatic rings. The number of rotatable bonds is 5. The molecule has 3 aromatic carbocycles. The van der Waals surface area contributed by atoms with Crippen LogP contribution in [0.1, 0.15) is 27.4 Å². The Morgan fingerprint density at radius 3 is 2.38 bits per heavy atom. The Balaban J connectivity index is 1.66. The van der Waals surface area contributed by atoms with Gasteiger partial charge in [0, 0.05) is 11.6 Å². The van der Waals surface area contributed by atoms with Gasteiger partial charge in [0.05, 0.1) is 25.7 Å². The second kappa shape index (κ2) is 8.74. The van der Waals surface area contributed by atoms with Crippen LogP contribution in [0.25, 0.3) is 0 Å². The lowest BCUT2D eigenvalue weighted by atomic mass is 9.83. The van der Waals surface area contributed by atoms with E-state index in [1.54, 1.807) is 56.7 Å². The van der Waals surface area contributed by atoms with Gasteiger partial charge in [-0.05, 0) is 48.0 Å². The number of nitrogens with two attached hydrogens (primary N) is 1. The van der Waals surface area contributed by atoms with Crippen molar-refractivity contribution < 1.29 is 23.7 Å². The summed E-state index contributed by atoms with van der Waals surface area (Å²) in [6.07, 6.45) is 0. The van der Waals surface area contributed by atoms with Crippen LogP contribution < -0.4 is 24.7 Å². The second-order valence-corrected chi connectivity index (χ2v) is 7.02. The zero-order valence-electron chi connectivity index (χ0n) is 17.5. The Morgan fingerprint density at radius 1 is 0.969 bits per heavy atom. The average Bonchev–Trinajstić information content (AvgIpc) is 2.83. The number of nitrogens with zero attached hydrogens (tertiary/aromatic N) is 1. The molecule has 0 radical (unpaired) electrons. The van der Waals surface area contributed by atoms with Gasteiger partial charge in [-0.25, -0.2) is 4.79 Å². The molecule has 3 aromatic rings. The van der Waals surface area contributed by atoms with E-state index in [-0.39, 0.29) is 5.88 Å². The predicted octanol–water partition coefficient (Wildman–Crippen LogP) is 4.14. The molecule has 1 heterocycles. The van der Waals surface area contributed by atoms with Crippen molar-refractivity contribution in [3.05, 3.63) is 94.9 Å². The summed E-state index contributed by atoms with van der Waals surface area (Å²) in [4.78, 5) is 12.5. The summed E-state index contributed by atoms with van der Waals surface area (Å²) in [5, 5.41) is 9.70. The number of ether oxygens (including phenoxy) is 4. The van der Waals surface area contributed by atoms with Crippen molar-refractivity contribution >= 4 is 5.97 Å². The van der Waals surface area contributed by atoms with Crippen LogP contribution in [0, 0.1) is 11.3 Å². The van der Waals surface area contributed by atoms with E-state index < -0.39 is 11.9 Å². The number of hydrogen-bond acceptors (Lipinski definition) is 7. The molecule has 0 spiro atoms. The topological polar surface area (TPSA) is 104 Å². The van der Waals surface area contributed by atoms with Gasteiger partial charge in [0.2, 0.25) is 5.88 Å². The monoisotopic (exact) mass is 428 g/mol. The minimum Gasteiger partial charge on any atom is -0.497 e. The molecule has 0 amide bonds. The standard InChI is InChI=1S/C25H20N2O5/c1-29-17-8-6-15(7-9-17)25(28)31-19-10-11-20-22(13-19)32-24(27)21(14-26)23(20)16-4-3-5-18(12-16)30-2/h3-13,23H,27H2,1-2H3. The van der Waals surface area contributed by atoms with E-state index in [0.717, 1.165) is 11.1 Å². The van der Waals surface area contributed by atoms with Crippen molar-refractivity contribution in [1.82, 2.24) is 0 Å². The zero-order valence-corrected chi connectivity index (χ0v) is 17.5. The first kappa shape index (κ1) is 20.8. The molecule has 0 bridgehead atoms. The van der Waals surface area contributed by atoms with Gasteiger partial charge in [0.25, 0.3) is 0 Å². The van der Waals surface area contributed by atoms with Crippen LogP contribution in [-0.2, 0) is 0 Å². The van der Waals surface area contributed by atoms with E-state index in [1.807, 2.05) is 24.3 Å². The quantitative estimate of drug-likeness (QED) is 0.481. The summed E-state index contributed by atoms with van der Waals surface area (Å²) in [6, 6.07) is 21.2. The van der Waals surface area contributed by atoms with Gasteiger partial charge in [0.15, 0.2) is 0 Å². The average molecular weight is 428 g/mol. The Morgan fingerprint density at radius 2 is 1.69 bits per heavy atom. The third kappa shape index (κ3) is 3.94. The number of carbonyl (C=O) groups excluding carboxylic acids is 1. The van der Waals surface area contributed by atoms with Gasteiger partial charge in [-0.3, -0.25) is 0 Å². The van der Waals surface area contributed by atoms with Crippen molar-refractivity contribution in [2.45, 2.75) is 5.92 Å². The fourth-order valence-corrected chi connectivity index (χ4v) is 3.56. The normalized spacial score (nSPS) is 14.6. The van der Waals surface area contributed by atoms with Gasteiger partial charge in [0.1, 0.15) is 34.6 Å². The van der Waals surface area contributed by atoms with Crippen molar-refractivity contribution in [2.24, 2.45) is 5.73 Å². The third-order valence-corrected chi connectivity index (χ3v) is 5.15. The molecule has 160 valence electrons. The highest BCUT2D eigenvalue weighted by molar-refractivity contribution is 5.91. The SMILES string of the molecule is COc1ccc(C(=O)Oc2ccc3c(c2)OC(N)=C(C#N)C3c2cccc(OC)c2)cc1. The zero-order chi connectivity index (χ0) is 22.7. The molecule has 0 fully saturated rings. The molecule has 0 aliphatic carbocycles. The number of carbonyl (C=O) groups is 1. The predicted molar refractivity (Wildman–Crippen MR) is 117 cm³/mol. The largest absolute Gasteiger partial charge is 0.497 e. The Hall–Kier alpha value is -4.44. The van der Waals surface area contributed by atoms with Crippen LogP contribution in [0.4, 0.5) is 0 Å². The number of nitriles is 1. The van der Waals surface area contributed by atoms with Crippen LogP contribution in [0.2, 0.25) is 0 Å². The second-order valence-electron chi connectivity index (χ2n) is 7.02. The maximum atomic E-state index is 12.5. The summed E-state index contributed by atoms with van der Waals surface area (Å²) in [5.74, 6) is 1.06. The molecule has 2 N–H and O–H groups in total. The highest BCUT2D eigenvalue weighted by atomic mass is 16.5. The number of hydrogen-bond donors (Lipinski definition) is 1. The highest BCUT2D eigenvalue weighted by Crippen LogP contribution is 2.44. The molecule has 0 saturated heterocycles. The summed E-state index contributed by atoms with van der Waals surface area (Å²) in [7, 11) is 3.13. The molecule has 1 unspecified atom stereocenters. The highest BCUT2D eigenvalue weighted by Gasteiger charge is 2.31. The van der Waals surface area contributed by atoms with E-state index in [1.165, 1.54) is 0 Å². The lowest BCUT2D eigenvalue weighted by molar-refractivity contribution is 0.0734. The maximum Gasteiger partial charge on any atom is 0.343 e. The van der Waals surface area contributed by atoms with Crippen molar-refractivity contribution in [3.63, 3.8) is 0 Å². The first-order valence-corrected chi connectivity index (χ1v) is 9.75. The summed E-state index contributed by atoms with van der Waals surface area (Å²) in [6.45, 7) is 0. The lowest BCUT2D eigenvalue weighted by Crippen LogP contribution is -2.21. The maximum absolute atomic E-state index is 12.5. The molecule has 4 rings (SSSR count). The van der Waals surface area contributed by atoms with Gasteiger partial charge >= 0.3 is 5.97 Å². The van der Waals surface area contributed by atoms with Gasteiger partial charge in [-0.15, -0.1) is 0 Å². The Kier molecular flexibility index (Phi) is 5.69. The number of esters is 1. The smallest absolute Gasteiger partial charge is 0.343 e. The summed E-state index contributed by atoms with van der Waals surface area (Å²) < 4.78 is 21.6. The van der Waals surface area contributed by atoms with E-state index in [0.29, 0.717) is 34.1 Å². The van der Waals surface area contributed by atoms with Crippen LogP contribution in [-0.4, -0.2) is 20.2 Å². The first-order valence-electron chi connectivity index (χ1n) is 9.75. The van der Waals surface area contributed by atoms with Gasteiger partial charge < -0.3 is 24.7 Å². The Labute approximate surface area is 185 Å². The number of fused-ring (bicyclic) bond motifs is 1. The van der Waals surface area contributed by atoms with E-state index in [4.69, 9.17) is 24.7 Å². The van der Waals surface area contributed by atoms with Gasteiger partial charge in [-0.1, -0.05) is 18.2 Å². The fourth-order valence-electron chi connectivity index (χ4n) is 3.56. The van der Waals surface area contributed by atoms with E-state index in [9.17, 15) is 10.1 Å². The minimum absolute atomic E-state index is 0.00597. The van der Waals surface area contributed by atoms with Crippen LogP contribution in [0.15, 0.2) is 78.2 Å². The molecule has 7 heteroatoms. The van der Waals surface area contributed by atoms with Crippen molar-refractivity contribution in [2.75, 3.05) is 14.2 Å². The van der Waals surface area contributed by atoms with Crippen LogP contribution in [0.5, 0.6) is 23.0 Å². The lowest BCUT2D eigenvalue weighted by Gasteiger charge is -2.27. The molecule has 32 heavy (non-hydrogen) atoms. The number of benzene rings is 3. The van der Waals surface area contributed by atoms with E-state index in [2.05, 4.69) is 6.07 Å². The molecule has 0 aromatic heterocycles. The molecule has 7 nitrogen and oxygen atoms in total. The number of methoxy groups -OCH3 is 2. The van der Waals surface area contributed by atoms with E-state index >= 15 is 0 Å². The first-order chi connectivity index (χ1) is 15.5. The fraction of sp³-hybridized carbons (Fsp3) is 0.120. The molecular formula is C25H20N2O5. The molecule has 1 aliphatic heterocycles. The van der Waals surface area contributed by atoms with Crippen molar-refractivity contribution in [3.8, 4) is 29.1 Å². The Bertz CT molecular complexity index is 1240. The summed E-state index contributed by atoms with van der Waals surface area (Å²) in [5.41, 5.74) is 8.30. The van der Waals surface area contributed by atoms with Crippen molar-refractivity contribution in [1.29, 1.82) is 5.26 Å². The number of allylic oxidation sites excluding steroid dienone is 1. The van der Waals surface area contributed by atoms with Crippen LogP contribution in [0.3, 0.4) is 0 Å². The minimum atomic E-state index is -0.519. The van der Waals surface area contributed by atoms with Gasteiger partial charge in [-0.2, -0.15) is 5.26 Å². The molecular weight excluding hydrogens is 408 g/mol. The van der Waals surface area contributed by atoms with Crippen LogP contribution >= 0.6 is 0 Å². The summed E-state index contributed by atoms with van der Waals surface area (Å²) >= 11 is 0. The molecule has 0 saturated carbocycles.